The third-order valence-corrected chi connectivity index (χ3v) is 4.25. The van der Waals surface area contributed by atoms with Crippen LogP contribution >= 0.6 is 7.60 Å². The van der Waals surface area contributed by atoms with E-state index in [1.807, 2.05) is 0 Å². The molecule has 1 aliphatic heterocycles. The number of likely N-dealkylation sites (tertiary alicyclic amines) is 1. The van der Waals surface area contributed by atoms with Gasteiger partial charge in [-0.3, -0.25) is 9.36 Å². The fourth-order valence-corrected chi connectivity index (χ4v) is 3.42. The van der Waals surface area contributed by atoms with Crippen LogP contribution in [0.2, 0.25) is 0 Å². The predicted octanol–water partition coefficient (Wildman–Crippen LogP) is -0.707. The Labute approximate surface area is 117 Å². The predicted molar refractivity (Wildman–Crippen MR) is 70.8 cm³/mol. The summed E-state index contributed by atoms with van der Waals surface area (Å²) < 4.78 is 16.0. The molecule has 1 heterocycles. The quantitative estimate of drug-likeness (QED) is 0.452. The van der Waals surface area contributed by atoms with Crippen LogP contribution in [0.3, 0.4) is 0 Å². The highest BCUT2D eigenvalue weighted by atomic mass is 31.2. The van der Waals surface area contributed by atoms with Gasteiger partial charge in [0, 0.05) is 6.54 Å². The summed E-state index contributed by atoms with van der Waals surface area (Å²) in [6.07, 6.45) is 0.343. The molecule has 2 atom stereocenters. The van der Waals surface area contributed by atoms with E-state index in [1.165, 1.54) is 4.90 Å². The van der Waals surface area contributed by atoms with E-state index in [2.05, 4.69) is 0 Å². The number of hydrogen-bond donors (Lipinski definition) is 3. The minimum atomic E-state index is -4.14. The molecule has 8 nitrogen and oxygen atoms in total. The van der Waals surface area contributed by atoms with Crippen molar-refractivity contribution in [3.63, 3.8) is 0 Å². The second kappa shape index (κ2) is 7.17. The van der Waals surface area contributed by atoms with E-state index in [0.717, 1.165) is 0 Å². The van der Waals surface area contributed by atoms with Crippen molar-refractivity contribution in [1.29, 1.82) is 0 Å². The Morgan fingerprint density at radius 3 is 2.60 bits per heavy atom. The molecule has 1 aliphatic rings. The molecule has 0 saturated carbocycles. The smallest absolute Gasteiger partial charge is 0.328 e. The van der Waals surface area contributed by atoms with E-state index in [-0.39, 0.29) is 44.1 Å². The third kappa shape index (κ3) is 4.86. The molecule has 1 saturated heterocycles. The number of carbonyl (C=O) groups excluding carboxylic acids is 2. The topological polar surface area (TPSA) is 130 Å². The lowest BCUT2D eigenvalue weighted by molar-refractivity contribution is -0.157. The molecule has 0 bridgehead atoms. The van der Waals surface area contributed by atoms with Crippen molar-refractivity contribution in [2.24, 2.45) is 11.7 Å². The Morgan fingerprint density at radius 2 is 2.10 bits per heavy atom. The van der Waals surface area contributed by atoms with Crippen LogP contribution in [0.25, 0.3) is 0 Å². The summed E-state index contributed by atoms with van der Waals surface area (Å²) >= 11 is 0. The number of ether oxygens (including phenoxy) is 1. The molecule has 0 aromatic heterocycles. The number of hydrogen-bond acceptors (Lipinski definition) is 5. The number of esters is 1. The van der Waals surface area contributed by atoms with Crippen LogP contribution in [0.4, 0.5) is 0 Å². The zero-order valence-electron chi connectivity index (χ0n) is 11.4. The highest BCUT2D eigenvalue weighted by Gasteiger charge is 2.38. The molecule has 0 unspecified atom stereocenters. The van der Waals surface area contributed by atoms with Gasteiger partial charge in [-0.2, -0.15) is 0 Å². The molecule has 0 aromatic carbocycles. The van der Waals surface area contributed by atoms with Crippen LogP contribution in [-0.2, 0) is 18.9 Å². The van der Waals surface area contributed by atoms with E-state index in [4.69, 9.17) is 20.3 Å². The van der Waals surface area contributed by atoms with Crippen molar-refractivity contribution in [1.82, 2.24) is 4.90 Å². The molecule has 0 aliphatic carbocycles. The van der Waals surface area contributed by atoms with Gasteiger partial charge in [-0.1, -0.05) is 0 Å². The third-order valence-electron chi connectivity index (χ3n) is 3.26. The molecule has 1 amide bonds. The first-order valence-electron chi connectivity index (χ1n) is 6.49. The number of nitrogens with zero attached hydrogens (tertiary/aromatic N) is 1. The second-order valence-electron chi connectivity index (χ2n) is 4.80. The summed E-state index contributed by atoms with van der Waals surface area (Å²) in [7, 11) is -4.14. The normalized spacial score (nSPS) is 23.5. The Hall–Kier alpha value is -0.950. The maximum Gasteiger partial charge on any atom is 0.328 e. The summed E-state index contributed by atoms with van der Waals surface area (Å²) in [4.78, 5) is 43.0. The monoisotopic (exact) mass is 308 g/mol. The molecule has 0 spiro atoms. The van der Waals surface area contributed by atoms with E-state index in [0.29, 0.717) is 6.42 Å². The van der Waals surface area contributed by atoms with E-state index in [1.54, 1.807) is 6.92 Å². The van der Waals surface area contributed by atoms with Gasteiger partial charge in [-0.05, 0) is 25.7 Å². The summed E-state index contributed by atoms with van der Waals surface area (Å²) in [6, 6.07) is -0.809. The van der Waals surface area contributed by atoms with E-state index < -0.39 is 19.6 Å². The minimum Gasteiger partial charge on any atom is -0.464 e. The SMILES string of the molecule is CCOC(=O)[C@@H]1C[C@H](CP(=O)(O)O)CCN1C(=O)CN. The van der Waals surface area contributed by atoms with Gasteiger partial charge in [0.2, 0.25) is 5.91 Å². The van der Waals surface area contributed by atoms with Crippen molar-refractivity contribution in [3.8, 4) is 0 Å². The van der Waals surface area contributed by atoms with Crippen molar-refractivity contribution in [2.75, 3.05) is 25.9 Å². The first-order chi connectivity index (χ1) is 9.28. The highest BCUT2D eigenvalue weighted by Crippen LogP contribution is 2.40. The van der Waals surface area contributed by atoms with Gasteiger partial charge in [-0.15, -0.1) is 0 Å². The Balaban J connectivity index is 2.80. The van der Waals surface area contributed by atoms with Gasteiger partial charge in [0.15, 0.2) is 0 Å². The Bertz CT molecular complexity index is 410. The summed E-state index contributed by atoms with van der Waals surface area (Å²) in [5, 5.41) is 0. The van der Waals surface area contributed by atoms with Gasteiger partial charge in [0.25, 0.3) is 0 Å². The lowest BCUT2D eigenvalue weighted by atomic mass is 9.92. The molecule has 9 heteroatoms. The van der Waals surface area contributed by atoms with Crippen LogP contribution in [0.15, 0.2) is 0 Å². The molecule has 0 aromatic rings. The summed E-state index contributed by atoms with van der Waals surface area (Å²) in [5.74, 6) is -1.23. The number of rotatable bonds is 5. The Kier molecular flexibility index (Phi) is 6.13. The van der Waals surface area contributed by atoms with Crippen LogP contribution in [0.1, 0.15) is 19.8 Å². The number of nitrogens with two attached hydrogens (primary N) is 1. The number of amides is 1. The maximum atomic E-state index is 11.9. The standard InChI is InChI=1S/C11H21N2O6P/c1-2-19-11(15)9-5-8(7-20(16,17)18)3-4-13(9)10(14)6-12/h8-9H,2-7,12H2,1H3,(H2,16,17,18)/t8-,9+/m1/s1. The first kappa shape index (κ1) is 17.1. The zero-order chi connectivity index (χ0) is 15.3. The van der Waals surface area contributed by atoms with Crippen LogP contribution in [0.5, 0.6) is 0 Å². The number of carbonyl (C=O) groups is 2. The lowest BCUT2D eigenvalue weighted by Crippen LogP contribution is -2.52. The molecule has 20 heavy (non-hydrogen) atoms. The fraction of sp³-hybridized carbons (Fsp3) is 0.818. The highest BCUT2D eigenvalue weighted by molar-refractivity contribution is 7.51. The van der Waals surface area contributed by atoms with Crippen molar-refractivity contribution >= 4 is 19.5 Å². The molecule has 1 rings (SSSR count). The number of piperidine rings is 1. The average molecular weight is 308 g/mol. The second-order valence-corrected chi connectivity index (χ2v) is 6.49. The fourth-order valence-electron chi connectivity index (χ4n) is 2.42. The van der Waals surface area contributed by atoms with Crippen molar-refractivity contribution < 1.29 is 28.7 Å². The molecule has 0 radical (unpaired) electrons. The van der Waals surface area contributed by atoms with Gasteiger partial charge in [0.05, 0.1) is 19.3 Å². The van der Waals surface area contributed by atoms with Gasteiger partial charge < -0.3 is 25.2 Å². The van der Waals surface area contributed by atoms with Gasteiger partial charge in [-0.25, -0.2) is 4.79 Å². The van der Waals surface area contributed by atoms with Crippen molar-refractivity contribution in [2.45, 2.75) is 25.8 Å². The van der Waals surface area contributed by atoms with Crippen LogP contribution < -0.4 is 5.73 Å². The molecule has 1 fully saturated rings. The molecule has 116 valence electrons. The van der Waals surface area contributed by atoms with Crippen LogP contribution in [0, 0.1) is 5.92 Å². The molecule has 4 N–H and O–H groups in total. The average Bonchev–Trinajstić information content (AvgIpc) is 2.36. The summed E-state index contributed by atoms with van der Waals surface area (Å²) in [6.45, 7) is 1.88. The first-order valence-corrected chi connectivity index (χ1v) is 8.29. The van der Waals surface area contributed by atoms with E-state index >= 15 is 0 Å². The summed E-state index contributed by atoms with van der Waals surface area (Å²) in [5.41, 5.74) is 5.31. The van der Waals surface area contributed by atoms with Gasteiger partial charge in [0.1, 0.15) is 6.04 Å². The zero-order valence-corrected chi connectivity index (χ0v) is 12.3. The van der Waals surface area contributed by atoms with E-state index in [9.17, 15) is 14.2 Å². The van der Waals surface area contributed by atoms with Gasteiger partial charge >= 0.3 is 13.6 Å². The molecular weight excluding hydrogens is 287 g/mol. The largest absolute Gasteiger partial charge is 0.464 e. The molecular formula is C11H21N2O6P. The Morgan fingerprint density at radius 1 is 1.45 bits per heavy atom. The van der Waals surface area contributed by atoms with Crippen LogP contribution in [-0.4, -0.2) is 58.5 Å². The van der Waals surface area contributed by atoms with Crippen molar-refractivity contribution in [3.05, 3.63) is 0 Å². The minimum absolute atomic E-state index is 0.184. The lowest BCUT2D eigenvalue weighted by Gasteiger charge is -2.37. The maximum absolute atomic E-state index is 11.9.